The van der Waals surface area contributed by atoms with Gasteiger partial charge in [-0.1, -0.05) is 81.4 Å². The van der Waals surface area contributed by atoms with Gasteiger partial charge >= 0.3 is 12.2 Å². The van der Waals surface area contributed by atoms with Gasteiger partial charge in [0.15, 0.2) is 6.29 Å². The van der Waals surface area contributed by atoms with E-state index in [1.165, 1.54) is 7.11 Å². The summed E-state index contributed by atoms with van der Waals surface area (Å²) in [6.45, 7) is 8.57. The van der Waals surface area contributed by atoms with Gasteiger partial charge in [-0.15, -0.1) is 0 Å². The van der Waals surface area contributed by atoms with Crippen molar-refractivity contribution < 1.29 is 38.4 Å². The maximum Gasteiger partial charge on any atom is 0.407 e. The number of aliphatic hydroxyl groups excluding tert-OH is 1. The quantitative estimate of drug-likeness (QED) is 0.157. The van der Waals surface area contributed by atoms with Gasteiger partial charge in [-0.3, -0.25) is 15.2 Å². The molecule has 276 valence electrons. The van der Waals surface area contributed by atoms with Crippen molar-refractivity contribution in [2.45, 2.75) is 71.6 Å². The van der Waals surface area contributed by atoms with Crippen LogP contribution in [-0.4, -0.2) is 91.1 Å². The average Bonchev–Trinajstić information content (AvgIpc) is 3.56. The van der Waals surface area contributed by atoms with Crippen molar-refractivity contribution in [1.29, 1.82) is 0 Å². The van der Waals surface area contributed by atoms with Gasteiger partial charge in [-0.2, -0.15) is 0 Å². The highest BCUT2D eigenvalue weighted by Gasteiger charge is 2.35. The SMILES string of the molecule is CCO[C@H]1OCC[C@H]1COC(=O)N[C@@H](Cc1ccccc1)[C@H](O)CN(Cc1ccc(-c2ccccn2)cc1)NC(=O)[C@@H](NC(=O)OC)C(C)(C)C. The van der Waals surface area contributed by atoms with Gasteiger partial charge in [-0.25, -0.2) is 14.6 Å². The highest BCUT2D eigenvalue weighted by atomic mass is 16.7. The lowest BCUT2D eigenvalue weighted by Crippen LogP contribution is -2.59. The van der Waals surface area contributed by atoms with Gasteiger partial charge in [0.2, 0.25) is 0 Å². The van der Waals surface area contributed by atoms with Gasteiger partial charge in [0.25, 0.3) is 5.91 Å². The predicted octanol–water partition coefficient (Wildman–Crippen LogP) is 4.45. The minimum atomic E-state index is -1.17. The van der Waals surface area contributed by atoms with Crippen LogP contribution in [0.4, 0.5) is 9.59 Å². The smallest absolute Gasteiger partial charge is 0.407 e. The third kappa shape index (κ3) is 12.3. The molecule has 1 aromatic heterocycles. The number of amides is 3. The van der Waals surface area contributed by atoms with Crippen LogP contribution in [0.3, 0.4) is 0 Å². The molecule has 13 nitrogen and oxygen atoms in total. The molecule has 1 aliphatic rings. The third-order valence-electron chi connectivity index (χ3n) is 8.52. The Labute approximate surface area is 300 Å². The first kappa shape index (κ1) is 39.2. The lowest BCUT2D eigenvalue weighted by Gasteiger charge is -2.34. The average molecular weight is 706 g/mol. The van der Waals surface area contributed by atoms with Gasteiger partial charge in [0.05, 0.1) is 31.6 Å². The van der Waals surface area contributed by atoms with Gasteiger partial charge in [0, 0.05) is 37.4 Å². The fourth-order valence-electron chi connectivity index (χ4n) is 5.76. The first-order valence-corrected chi connectivity index (χ1v) is 17.3. The fraction of sp³-hybridized carbons (Fsp3) is 0.474. The Bertz CT molecular complexity index is 1520. The number of ether oxygens (including phenoxy) is 4. The molecule has 51 heavy (non-hydrogen) atoms. The third-order valence-corrected chi connectivity index (χ3v) is 8.52. The standard InChI is InChI=1S/C38H51N5O8/c1-6-49-35-29(19-21-50-35)25-51-37(47)40-31(22-26-12-8-7-9-13-26)32(44)24-43(42-34(45)33(38(2,3)4)41-36(46)48-5)23-27-15-17-28(18-16-27)30-14-10-11-20-39-30/h7-18,20,29,31-33,35,44H,6,19,21-25H2,1-5H3,(H,40,47)(H,41,46)(H,42,45)/t29-,31-,32+,33+,35-/m0/s1. The summed E-state index contributed by atoms with van der Waals surface area (Å²) in [7, 11) is 1.23. The molecule has 2 heterocycles. The molecule has 0 spiro atoms. The van der Waals surface area contributed by atoms with Crippen molar-refractivity contribution in [1.82, 2.24) is 26.1 Å². The molecule has 0 aliphatic carbocycles. The van der Waals surface area contributed by atoms with E-state index in [9.17, 15) is 19.5 Å². The number of rotatable bonds is 16. The Kier molecular flexibility index (Phi) is 14.7. The highest BCUT2D eigenvalue weighted by molar-refractivity contribution is 5.86. The maximum atomic E-state index is 13.8. The van der Waals surface area contributed by atoms with E-state index in [1.54, 1.807) is 11.2 Å². The zero-order valence-corrected chi connectivity index (χ0v) is 30.0. The Morgan fingerprint density at radius 2 is 1.71 bits per heavy atom. The number of pyridine rings is 1. The Morgan fingerprint density at radius 1 is 0.980 bits per heavy atom. The van der Waals surface area contributed by atoms with Crippen LogP contribution in [0, 0.1) is 11.3 Å². The number of carbonyl (C=O) groups excluding carboxylic acids is 3. The van der Waals surface area contributed by atoms with E-state index in [0.29, 0.717) is 26.1 Å². The van der Waals surface area contributed by atoms with Crippen molar-refractivity contribution in [3.8, 4) is 11.3 Å². The monoisotopic (exact) mass is 705 g/mol. The molecule has 0 bridgehead atoms. The van der Waals surface area contributed by atoms with Crippen molar-refractivity contribution in [2.75, 3.05) is 33.5 Å². The number of methoxy groups -OCH3 is 1. The first-order valence-electron chi connectivity index (χ1n) is 17.3. The number of hydrogen-bond donors (Lipinski definition) is 4. The van der Waals surface area contributed by atoms with Crippen molar-refractivity contribution in [3.63, 3.8) is 0 Å². The predicted molar refractivity (Wildman–Crippen MR) is 191 cm³/mol. The van der Waals surface area contributed by atoms with Crippen LogP contribution in [0.25, 0.3) is 11.3 Å². The number of benzene rings is 2. The van der Waals surface area contributed by atoms with Gasteiger partial charge < -0.3 is 34.7 Å². The fourth-order valence-corrected chi connectivity index (χ4v) is 5.76. The second kappa shape index (κ2) is 19.2. The highest BCUT2D eigenvalue weighted by Crippen LogP contribution is 2.23. The maximum absolute atomic E-state index is 13.8. The molecule has 4 rings (SSSR count). The summed E-state index contributed by atoms with van der Waals surface area (Å²) in [6, 6.07) is 21.1. The number of aliphatic hydroxyl groups is 1. The lowest BCUT2D eigenvalue weighted by molar-refractivity contribution is -0.133. The zero-order chi connectivity index (χ0) is 36.8. The number of nitrogens with zero attached hydrogens (tertiary/aromatic N) is 2. The molecule has 4 N–H and O–H groups in total. The first-order chi connectivity index (χ1) is 24.5. The van der Waals surface area contributed by atoms with E-state index in [1.807, 2.05) is 100 Å². The minimum absolute atomic E-state index is 0.0799. The van der Waals surface area contributed by atoms with E-state index < -0.39 is 48.0 Å². The summed E-state index contributed by atoms with van der Waals surface area (Å²) >= 11 is 0. The number of aromatic nitrogens is 1. The molecule has 3 aromatic rings. The summed E-state index contributed by atoms with van der Waals surface area (Å²) in [5.41, 5.74) is 5.70. The van der Waals surface area contributed by atoms with Crippen LogP contribution < -0.4 is 16.1 Å². The van der Waals surface area contributed by atoms with Crippen LogP contribution in [-0.2, 0) is 36.7 Å². The molecule has 5 atom stereocenters. The van der Waals surface area contributed by atoms with E-state index in [-0.39, 0.29) is 25.6 Å². The van der Waals surface area contributed by atoms with Crippen molar-refractivity contribution >= 4 is 18.1 Å². The number of carbonyl (C=O) groups is 3. The Morgan fingerprint density at radius 3 is 2.35 bits per heavy atom. The molecule has 13 heteroatoms. The van der Waals surface area contributed by atoms with Crippen molar-refractivity contribution in [3.05, 3.63) is 90.1 Å². The van der Waals surface area contributed by atoms with E-state index in [4.69, 9.17) is 18.9 Å². The van der Waals surface area contributed by atoms with Crippen molar-refractivity contribution in [2.24, 2.45) is 11.3 Å². The number of hydrazine groups is 1. The summed E-state index contributed by atoms with van der Waals surface area (Å²) in [4.78, 5) is 43.5. The van der Waals surface area contributed by atoms with Gasteiger partial charge in [-0.05, 0) is 48.4 Å². The summed E-state index contributed by atoms with van der Waals surface area (Å²) in [6.07, 6.45) is -0.316. The molecule has 0 unspecified atom stereocenters. The molecular weight excluding hydrogens is 654 g/mol. The number of alkyl carbamates (subject to hydrolysis) is 2. The Balaban J connectivity index is 1.54. The molecule has 0 radical (unpaired) electrons. The largest absolute Gasteiger partial charge is 0.453 e. The molecule has 0 saturated carbocycles. The van der Waals surface area contributed by atoms with Crippen LogP contribution >= 0.6 is 0 Å². The van der Waals surface area contributed by atoms with E-state index in [2.05, 4.69) is 21.0 Å². The minimum Gasteiger partial charge on any atom is -0.453 e. The zero-order valence-electron chi connectivity index (χ0n) is 30.0. The topological polar surface area (TPSA) is 161 Å². The normalized spacial score (nSPS) is 17.6. The number of hydrogen-bond acceptors (Lipinski definition) is 10. The van der Waals surface area contributed by atoms with Crippen LogP contribution in [0.15, 0.2) is 79.0 Å². The molecule has 3 amide bonds. The van der Waals surface area contributed by atoms with E-state index >= 15 is 0 Å². The summed E-state index contributed by atoms with van der Waals surface area (Å²) in [5.74, 6) is -0.600. The molecule has 2 aromatic carbocycles. The second-order valence-electron chi connectivity index (χ2n) is 13.6. The second-order valence-corrected chi connectivity index (χ2v) is 13.6. The molecule has 1 fully saturated rings. The molecular formula is C38H51N5O8. The van der Waals surface area contributed by atoms with Crippen LogP contribution in [0.5, 0.6) is 0 Å². The lowest BCUT2D eigenvalue weighted by atomic mass is 9.86. The van der Waals surface area contributed by atoms with Gasteiger partial charge in [0.1, 0.15) is 12.6 Å². The Hall–Kier alpha value is -4.56. The van der Waals surface area contributed by atoms with Crippen LogP contribution in [0.1, 0.15) is 45.2 Å². The molecule has 1 aliphatic heterocycles. The van der Waals surface area contributed by atoms with E-state index in [0.717, 1.165) is 22.4 Å². The summed E-state index contributed by atoms with van der Waals surface area (Å²) in [5, 5.41) is 18.8. The molecule has 1 saturated heterocycles. The van der Waals surface area contributed by atoms with Crippen LogP contribution in [0.2, 0.25) is 0 Å². The number of nitrogens with one attached hydrogen (secondary N) is 3. The summed E-state index contributed by atoms with van der Waals surface area (Å²) < 4.78 is 21.6.